The molecular formula is C17H20ClF2N3O2. The van der Waals surface area contributed by atoms with Gasteiger partial charge in [-0.15, -0.1) is 12.4 Å². The molecule has 0 aliphatic carbocycles. The highest BCUT2D eigenvalue weighted by atomic mass is 35.5. The third-order valence-electron chi connectivity index (χ3n) is 4.15. The van der Waals surface area contributed by atoms with Gasteiger partial charge in [0.25, 0.3) is 0 Å². The number of carbonyl (C=O) groups excluding carboxylic acids is 1. The fourth-order valence-electron chi connectivity index (χ4n) is 2.68. The average Bonchev–Trinajstić information content (AvgIpc) is 2.95. The maximum atomic E-state index is 13.4. The monoisotopic (exact) mass is 371 g/mol. The molecule has 2 N–H and O–H groups in total. The zero-order valence-corrected chi connectivity index (χ0v) is 14.8. The Morgan fingerprint density at radius 2 is 1.92 bits per heavy atom. The molecule has 0 bridgehead atoms. The van der Waals surface area contributed by atoms with E-state index in [1.165, 1.54) is 0 Å². The number of hydrogen-bond donors (Lipinski definition) is 1. The molecule has 5 nitrogen and oxygen atoms in total. The van der Waals surface area contributed by atoms with Crippen LogP contribution in [0.3, 0.4) is 0 Å². The first-order chi connectivity index (χ1) is 11.3. The van der Waals surface area contributed by atoms with Gasteiger partial charge in [0.15, 0.2) is 0 Å². The van der Waals surface area contributed by atoms with Crippen molar-refractivity contribution in [1.82, 2.24) is 9.88 Å². The largest absolute Gasteiger partial charge is 0.441 e. The molecule has 25 heavy (non-hydrogen) atoms. The molecule has 0 unspecified atom stereocenters. The normalized spacial score (nSPS) is 14.9. The summed E-state index contributed by atoms with van der Waals surface area (Å²) in [7, 11) is 0. The Morgan fingerprint density at radius 3 is 2.52 bits per heavy atom. The highest BCUT2D eigenvalue weighted by molar-refractivity contribution is 5.85. The summed E-state index contributed by atoms with van der Waals surface area (Å²) < 4.78 is 32.3. The fourth-order valence-corrected chi connectivity index (χ4v) is 2.68. The first kappa shape index (κ1) is 19.3. The first-order valence-electron chi connectivity index (χ1n) is 7.84. The van der Waals surface area contributed by atoms with Crippen LogP contribution in [-0.2, 0) is 17.8 Å². The first-order valence-corrected chi connectivity index (χ1v) is 7.84. The van der Waals surface area contributed by atoms with Crippen molar-refractivity contribution < 1.29 is 18.0 Å². The van der Waals surface area contributed by atoms with Gasteiger partial charge in [0.1, 0.15) is 23.1 Å². The molecule has 1 atom stereocenters. The van der Waals surface area contributed by atoms with Gasteiger partial charge >= 0.3 is 0 Å². The van der Waals surface area contributed by atoms with E-state index in [0.29, 0.717) is 24.4 Å². The van der Waals surface area contributed by atoms with Gasteiger partial charge in [-0.2, -0.15) is 0 Å². The zero-order valence-electron chi connectivity index (χ0n) is 14.0. The van der Waals surface area contributed by atoms with Crippen molar-refractivity contribution in [2.75, 3.05) is 6.54 Å². The maximum absolute atomic E-state index is 13.4. The molecule has 2 heterocycles. The molecule has 0 spiro atoms. The minimum absolute atomic E-state index is 0. The Bertz CT molecular complexity index is 759. The van der Waals surface area contributed by atoms with Gasteiger partial charge in [-0.05, 0) is 18.1 Å². The predicted octanol–water partition coefficient (Wildman–Crippen LogP) is 2.91. The molecule has 1 aliphatic heterocycles. The number of nitrogens with two attached hydrogens (primary N) is 1. The molecule has 2 aromatic rings. The van der Waals surface area contributed by atoms with Crippen LogP contribution < -0.4 is 5.73 Å². The summed E-state index contributed by atoms with van der Waals surface area (Å²) in [6.45, 7) is 4.56. The van der Waals surface area contributed by atoms with Gasteiger partial charge in [0.05, 0.1) is 12.6 Å². The summed E-state index contributed by atoms with van der Waals surface area (Å²) in [5.74, 6) is -0.682. The number of hydrogen-bond acceptors (Lipinski definition) is 4. The average molecular weight is 372 g/mol. The van der Waals surface area contributed by atoms with Gasteiger partial charge < -0.3 is 15.1 Å². The summed E-state index contributed by atoms with van der Waals surface area (Å²) in [4.78, 5) is 18.3. The van der Waals surface area contributed by atoms with E-state index in [9.17, 15) is 13.6 Å². The molecule has 1 aliphatic rings. The van der Waals surface area contributed by atoms with Crippen molar-refractivity contribution in [2.45, 2.75) is 32.9 Å². The summed E-state index contributed by atoms with van der Waals surface area (Å²) in [5.41, 5.74) is 6.76. The predicted molar refractivity (Wildman–Crippen MR) is 91.0 cm³/mol. The lowest BCUT2D eigenvalue weighted by Crippen LogP contribution is -2.48. The minimum atomic E-state index is -0.694. The van der Waals surface area contributed by atoms with E-state index in [-0.39, 0.29) is 42.2 Å². The Hall–Kier alpha value is -1.99. The number of fused-ring (bicyclic) bond motifs is 1. The van der Waals surface area contributed by atoms with Crippen LogP contribution in [0.4, 0.5) is 8.78 Å². The van der Waals surface area contributed by atoms with E-state index >= 15 is 0 Å². The van der Waals surface area contributed by atoms with Crippen LogP contribution in [0.25, 0.3) is 11.5 Å². The molecule has 8 heteroatoms. The van der Waals surface area contributed by atoms with Crippen LogP contribution in [-0.4, -0.2) is 28.4 Å². The molecule has 1 aromatic heterocycles. The zero-order chi connectivity index (χ0) is 17.4. The van der Waals surface area contributed by atoms with Crippen LogP contribution in [0.2, 0.25) is 0 Å². The van der Waals surface area contributed by atoms with Crippen LogP contribution in [0, 0.1) is 17.6 Å². The quantitative estimate of drug-likeness (QED) is 0.900. The van der Waals surface area contributed by atoms with Crippen molar-refractivity contribution >= 4 is 18.3 Å². The highest BCUT2D eigenvalue weighted by Crippen LogP contribution is 2.27. The van der Waals surface area contributed by atoms with Crippen molar-refractivity contribution in [3.8, 4) is 11.5 Å². The Kier molecular flexibility index (Phi) is 5.80. The topological polar surface area (TPSA) is 72.4 Å². The summed E-state index contributed by atoms with van der Waals surface area (Å²) >= 11 is 0. The summed E-state index contributed by atoms with van der Waals surface area (Å²) in [6.07, 6.45) is 0.497. The Morgan fingerprint density at radius 1 is 1.28 bits per heavy atom. The van der Waals surface area contributed by atoms with E-state index in [4.69, 9.17) is 10.2 Å². The van der Waals surface area contributed by atoms with Crippen molar-refractivity contribution in [1.29, 1.82) is 0 Å². The molecule has 1 aromatic carbocycles. The van der Waals surface area contributed by atoms with Crippen LogP contribution in [0.5, 0.6) is 0 Å². The molecule has 0 saturated heterocycles. The Labute approximate surface area is 150 Å². The number of rotatable bonds is 3. The third-order valence-corrected chi connectivity index (χ3v) is 4.15. The summed E-state index contributed by atoms with van der Waals surface area (Å²) in [6, 6.07) is 2.56. The number of carbonyl (C=O) groups is 1. The Balaban J connectivity index is 0.00000225. The van der Waals surface area contributed by atoms with Gasteiger partial charge in [0.2, 0.25) is 11.8 Å². The van der Waals surface area contributed by atoms with E-state index in [1.54, 1.807) is 4.90 Å². The smallest absolute Gasteiger partial charge is 0.240 e. The number of aromatic nitrogens is 1. The second-order valence-corrected chi connectivity index (χ2v) is 6.33. The van der Waals surface area contributed by atoms with Crippen LogP contribution in [0.1, 0.15) is 25.3 Å². The second-order valence-electron chi connectivity index (χ2n) is 6.33. The second kappa shape index (κ2) is 7.49. The third kappa shape index (κ3) is 3.99. The maximum Gasteiger partial charge on any atom is 0.240 e. The lowest BCUT2D eigenvalue weighted by atomic mass is 10.0. The van der Waals surface area contributed by atoms with Crippen molar-refractivity contribution in [3.05, 3.63) is 41.3 Å². The minimum Gasteiger partial charge on any atom is -0.441 e. The molecule has 0 saturated carbocycles. The van der Waals surface area contributed by atoms with E-state index in [1.807, 2.05) is 13.8 Å². The van der Waals surface area contributed by atoms with Gasteiger partial charge in [-0.1, -0.05) is 13.8 Å². The lowest BCUT2D eigenvalue weighted by Gasteiger charge is -2.29. The van der Waals surface area contributed by atoms with E-state index < -0.39 is 17.7 Å². The van der Waals surface area contributed by atoms with Gasteiger partial charge in [-0.25, -0.2) is 13.8 Å². The number of nitrogens with zero attached hydrogens (tertiary/aromatic N) is 2. The van der Waals surface area contributed by atoms with E-state index in [2.05, 4.69) is 4.98 Å². The summed E-state index contributed by atoms with van der Waals surface area (Å²) in [5, 5.41) is 0. The van der Waals surface area contributed by atoms with Gasteiger partial charge in [0, 0.05) is 24.6 Å². The van der Waals surface area contributed by atoms with Crippen molar-refractivity contribution in [3.63, 3.8) is 0 Å². The number of amides is 1. The van der Waals surface area contributed by atoms with Crippen LogP contribution >= 0.6 is 12.4 Å². The number of halogens is 3. The SMILES string of the molecule is CC(C)[C@H](N)C(=O)N1CCc2oc(-c3cc(F)cc(F)c3)nc2C1.Cl. The molecular weight excluding hydrogens is 352 g/mol. The van der Waals surface area contributed by atoms with Crippen molar-refractivity contribution in [2.24, 2.45) is 11.7 Å². The highest BCUT2D eigenvalue weighted by Gasteiger charge is 2.29. The number of benzene rings is 1. The lowest BCUT2D eigenvalue weighted by molar-refractivity contribution is -0.134. The fraction of sp³-hybridized carbons (Fsp3) is 0.412. The molecule has 1 amide bonds. The molecule has 0 radical (unpaired) electrons. The van der Waals surface area contributed by atoms with E-state index in [0.717, 1.165) is 18.2 Å². The standard InChI is InChI=1S/C17H19F2N3O2.ClH/c1-9(2)15(20)17(23)22-4-3-14-13(8-22)21-16(24-14)10-5-11(18)7-12(19)6-10;/h5-7,9,15H,3-4,8,20H2,1-2H3;1H/t15-;/m0./s1. The molecule has 0 fully saturated rings. The number of oxazole rings is 1. The van der Waals surface area contributed by atoms with Crippen LogP contribution in [0.15, 0.2) is 22.6 Å². The molecule has 3 rings (SSSR count). The van der Waals surface area contributed by atoms with Gasteiger partial charge in [-0.3, -0.25) is 4.79 Å². The molecule has 136 valence electrons.